The summed E-state index contributed by atoms with van der Waals surface area (Å²) in [5.74, 6) is -0.355. The molecule has 1 heterocycles. The van der Waals surface area contributed by atoms with Gasteiger partial charge in [0, 0.05) is 27.5 Å². The quantitative estimate of drug-likeness (QED) is 0.154. The molecule has 186 valence electrons. The van der Waals surface area contributed by atoms with Crippen molar-refractivity contribution < 1.29 is 22.5 Å². The number of nitrogens with one attached hydrogen (secondary N) is 1. The molecule has 0 unspecified atom stereocenters. The summed E-state index contributed by atoms with van der Waals surface area (Å²) in [7, 11) is -4.46. The van der Waals surface area contributed by atoms with Gasteiger partial charge < -0.3 is 0 Å². The third-order valence-electron chi connectivity index (χ3n) is 4.89. The molecule has 3 aromatic rings. The van der Waals surface area contributed by atoms with E-state index in [4.69, 9.17) is 0 Å². The number of carbonyl (C=O) groups is 1. The number of hydrogen-bond acceptors (Lipinski definition) is 7. The highest BCUT2D eigenvalue weighted by Gasteiger charge is 2.29. The molecule has 0 aliphatic heterocycles. The van der Waals surface area contributed by atoms with E-state index in [9.17, 15) is 27.7 Å². The number of halogens is 1. The summed E-state index contributed by atoms with van der Waals surface area (Å²) in [6, 6.07) is 11.4. The minimum absolute atomic E-state index is 0.252. The average molecular weight is 528 g/mol. The van der Waals surface area contributed by atoms with Gasteiger partial charge in [-0.1, -0.05) is 36.9 Å². The first-order chi connectivity index (χ1) is 17.2. The predicted molar refractivity (Wildman–Crippen MR) is 137 cm³/mol. The van der Waals surface area contributed by atoms with Crippen molar-refractivity contribution in [2.75, 3.05) is 0 Å². The largest absolute Gasteiger partial charge is 0.299 e. The molecule has 0 amide bonds. The number of sulfone groups is 1. The van der Waals surface area contributed by atoms with Crippen LogP contribution < -0.4 is 0 Å². The van der Waals surface area contributed by atoms with E-state index in [2.05, 4.69) is 10.2 Å². The van der Waals surface area contributed by atoms with Crippen LogP contribution in [0.5, 0.6) is 0 Å². The second-order valence-corrected chi connectivity index (χ2v) is 10.3. The molecule has 8 nitrogen and oxygen atoms in total. The Bertz CT molecular complexity index is 1460. The topological polar surface area (TPSA) is 123 Å². The standard InChI is InChI=1S/C25H22FN3O5S2/c1-3-5-6-7-24(35-19-12-8-17(26)9-13-19)21(4-2)22-16-23(28-27-22)25(30)36(33,34)20-14-10-18(11-15-20)29(31)32/h4-16H,3H2,1-2H3,(H,27,28)/b6-5+,21-4-,24-7+. The number of carbonyl (C=O) groups excluding carboxylic acids is 1. The molecule has 1 N–H and O–H groups in total. The number of aromatic amines is 1. The third kappa shape index (κ3) is 6.23. The number of allylic oxidation sites excluding steroid dienone is 5. The number of benzene rings is 2. The number of nitro groups is 1. The first-order valence-corrected chi connectivity index (χ1v) is 13.0. The van der Waals surface area contributed by atoms with E-state index in [0.717, 1.165) is 40.5 Å². The molecule has 3 rings (SSSR count). The van der Waals surface area contributed by atoms with Crippen LogP contribution in [0.2, 0.25) is 0 Å². The smallest absolute Gasteiger partial charge is 0.274 e. The fourth-order valence-electron chi connectivity index (χ4n) is 3.08. The molecule has 0 aliphatic carbocycles. The number of H-pyrrole nitrogens is 1. The molecule has 0 saturated heterocycles. The normalized spacial score (nSPS) is 12.8. The van der Waals surface area contributed by atoms with Crippen LogP contribution in [0.15, 0.2) is 93.6 Å². The lowest BCUT2D eigenvalue weighted by atomic mass is 10.1. The van der Waals surface area contributed by atoms with Crippen molar-refractivity contribution in [3.8, 4) is 0 Å². The Morgan fingerprint density at radius 2 is 1.83 bits per heavy atom. The summed E-state index contributed by atoms with van der Waals surface area (Å²) in [6.45, 7) is 3.77. The molecule has 2 aromatic carbocycles. The molecule has 0 aliphatic rings. The molecule has 0 radical (unpaired) electrons. The van der Waals surface area contributed by atoms with E-state index in [1.54, 1.807) is 25.1 Å². The van der Waals surface area contributed by atoms with Crippen LogP contribution in [0.25, 0.3) is 5.57 Å². The first kappa shape index (κ1) is 26.8. The monoisotopic (exact) mass is 527 g/mol. The van der Waals surface area contributed by atoms with Crippen molar-refractivity contribution in [1.29, 1.82) is 0 Å². The zero-order valence-corrected chi connectivity index (χ0v) is 21.0. The molecule has 0 spiro atoms. The summed E-state index contributed by atoms with van der Waals surface area (Å²) in [6.07, 6.45) is 8.27. The minimum atomic E-state index is -4.46. The molecule has 1 aromatic heterocycles. The molecule has 0 fully saturated rings. The Labute approximate surface area is 211 Å². The van der Waals surface area contributed by atoms with Crippen molar-refractivity contribution in [2.24, 2.45) is 0 Å². The number of aromatic nitrogens is 2. The Hall–Kier alpha value is -3.83. The van der Waals surface area contributed by atoms with Crippen LogP contribution in [0.4, 0.5) is 10.1 Å². The van der Waals surface area contributed by atoms with Crippen LogP contribution in [0.1, 0.15) is 36.5 Å². The summed E-state index contributed by atoms with van der Waals surface area (Å²) in [4.78, 5) is 24.2. The Balaban J connectivity index is 1.92. The van der Waals surface area contributed by atoms with Gasteiger partial charge in [-0.15, -0.1) is 0 Å². The first-order valence-electron chi connectivity index (χ1n) is 10.7. The van der Waals surface area contributed by atoms with Crippen LogP contribution in [-0.2, 0) is 9.84 Å². The number of hydrogen-bond donors (Lipinski definition) is 1. The zero-order valence-electron chi connectivity index (χ0n) is 19.3. The minimum Gasteiger partial charge on any atom is -0.274 e. The highest BCUT2D eigenvalue weighted by molar-refractivity contribution is 8.06. The summed E-state index contributed by atoms with van der Waals surface area (Å²) in [5, 5.41) is 16.2. The van der Waals surface area contributed by atoms with Crippen molar-refractivity contribution in [2.45, 2.75) is 30.1 Å². The van der Waals surface area contributed by atoms with Gasteiger partial charge in [0.2, 0.25) is 9.84 Å². The van der Waals surface area contributed by atoms with E-state index in [-0.39, 0.29) is 22.1 Å². The lowest BCUT2D eigenvalue weighted by molar-refractivity contribution is -0.384. The highest BCUT2D eigenvalue weighted by atomic mass is 32.2. The lowest BCUT2D eigenvalue weighted by Gasteiger charge is -2.09. The van der Waals surface area contributed by atoms with Gasteiger partial charge in [-0.25, -0.2) is 12.8 Å². The third-order valence-corrected chi connectivity index (χ3v) is 7.58. The van der Waals surface area contributed by atoms with E-state index in [1.807, 2.05) is 25.2 Å². The molecule has 0 saturated carbocycles. The van der Waals surface area contributed by atoms with Gasteiger partial charge in [0.1, 0.15) is 11.5 Å². The van der Waals surface area contributed by atoms with Gasteiger partial charge in [0.15, 0.2) is 0 Å². The van der Waals surface area contributed by atoms with E-state index >= 15 is 0 Å². The highest BCUT2D eigenvalue weighted by Crippen LogP contribution is 2.36. The second-order valence-electron chi connectivity index (χ2n) is 7.33. The Morgan fingerprint density at radius 1 is 1.17 bits per heavy atom. The zero-order chi connectivity index (χ0) is 26.3. The number of rotatable bonds is 9. The van der Waals surface area contributed by atoms with Crippen molar-refractivity contribution >= 4 is 38.0 Å². The van der Waals surface area contributed by atoms with Crippen LogP contribution in [-0.4, -0.2) is 28.7 Å². The maximum Gasteiger partial charge on any atom is 0.299 e. The summed E-state index contributed by atoms with van der Waals surface area (Å²) in [5.41, 5.74) is 0.426. The van der Waals surface area contributed by atoms with Gasteiger partial charge in [-0.3, -0.25) is 20.0 Å². The lowest BCUT2D eigenvalue weighted by Crippen LogP contribution is -2.15. The molecule has 0 atom stereocenters. The fourth-order valence-corrected chi connectivity index (χ4v) is 5.19. The second kappa shape index (κ2) is 11.7. The Morgan fingerprint density at radius 3 is 2.42 bits per heavy atom. The Kier molecular flexibility index (Phi) is 8.73. The predicted octanol–water partition coefficient (Wildman–Crippen LogP) is 6.12. The fraction of sp³-hybridized carbons (Fsp3) is 0.120. The van der Waals surface area contributed by atoms with Crippen molar-refractivity contribution in [1.82, 2.24) is 10.2 Å². The number of non-ortho nitro benzene ring substituents is 1. The number of nitro benzene ring substituents is 1. The summed E-state index contributed by atoms with van der Waals surface area (Å²) >= 11 is 1.36. The van der Waals surface area contributed by atoms with Crippen LogP contribution in [0.3, 0.4) is 0 Å². The van der Waals surface area contributed by atoms with E-state index in [1.165, 1.54) is 30.0 Å². The molecule has 36 heavy (non-hydrogen) atoms. The number of nitrogens with zero attached hydrogens (tertiary/aromatic N) is 2. The van der Waals surface area contributed by atoms with Gasteiger partial charge in [0.05, 0.1) is 15.5 Å². The van der Waals surface area contributed by atoms with Gasteiger partial charge in [0.25, 0.3) is 10.8 Å². The van der Waals surface area contributed by atoms with E-state index < -0.39 is 19.9 Å². The summed E-state index contributed by atoms with van der Waals surface area (Å²) < 4.78 is 38.9. The molecular weight excluding hydrogens is 505 g/mol. The SMILES string of the molecule is C\C=C(/C(=C\C=C\CC)Sc1ccc(F)cc1)c1cc(C(=O)S(=O)(=O)c2ccc([N+](=O)[O-])cc2)[nH]n1. The average Bonchev–Trinajstić information content (AvgIpc) is 3.35. The van der Waals surface area contributed by atoms with Gasteiger partial charge >= 0.3 is 0 Å². The maximum atomic E-state index is 13.3. The molecule has 11 heteroatoms. The molecule has 0 bridgehead atoms. The van der Waals surface area contributed by atoms with Gasteiger partial charge in [-0.2, -0.15) is 5.10 Å². The molecular formula is C25H22FN3O5S2. The van der Waals surface area contributed by atoms with Crippen LogP contribution >= 0.6 is 11.8 Å². The van der Waals surface area contributed by atoms with Gasteiger partial charge in [-0.05, 0) is 61.9 Å². The van der Waals surface area contributed by atoms with Crippen LogP contribution in [0, 0.1) is 15.9 Å². The van der Waals surface area contributed by atoms with Crippen molar-refractivity contribution in [3.63, 3.8) is 0 Å². The maximum absolute atomic E-state index is 13.3. The van der Waals surface area contributed by atoms with E-state index in [0.29, 0.717) is 11.3 Å². The number of thioether (sulfide) groups is 1. The van der Waals surface area contributed by atoms with Crippen molar-refractivity contribution in [3.05, 3.63) is 111 Å².